The number of nitrogen functional groups attached to an aromatic ring is 1. The molecule has 8 nitrogen and oxygen atoms in total. The van der Waals surface area contributed by atoms with Gasteiger partial charge < -0.3 is 21.3 Å². The van der Waals surface area contributed by atoms with Crippen molar-refractivity contribution in [3.05, 3.63) is 71.2 Å². The molecular weight excluding hydrogens is 416 g/mol. The van der Waals surface area contributed by atoms with E-state index in [9.17, 15) is 9.59 Å². The molecule has 2 aromatic rings. The minimum Gasteiger partial charge on any atom is -0.384 e. The summed E-state index contributed by atoms with van der Waals surface area (Å²) in [5.74, 6) is 0.470. The molecule has 4 N–H and O–H groups in total. The van der Waals surface area contributed by atoms with Crippen LogP contribution in [0.1, 0.15) is 37.1 Å². The lowest BCUT2D eigenvalue weighted by Gasteiger charge is -2.22. The molecule has 174 valence electrons. The number of benzene rings is 1. The van der Waals surface area contributed by atoms with Crippen LogP contribution in [0.4, 0.5) is 5.82 Å². The lowest BCUT2D eigenvalue weighted by Crippen LogP contribution is -2.40. The second-order valence-electron chi connectivity index (χ2n) is 8.20. The minimum atomic E-state index is -0.178. The van der Waals surface area contributed by atoms with Crippen LogP contribution in [0.3, 0.4) is 0 Å². The molecule has 1 unspecified atom stereocenters. The quantitative estimate of drug-likeness (QED) is 0.571. The largest absolute Gasteiger partial charge is 0.384 e. The fourth-order valence-corrected chi connectivity index (χ4v) is 3.58. The number of hydrogen-bond acceptors (Lipinski definition) is 6. The molecule has 8 heteroatoms. The highest BCUT2D eigenvalue weighted by Gasteiger charge is 2.23. The number of pyridine rings is 1. The molecule has 1 aromatic carbocycles. The zero-order chi connectivity index (χ0) is 23.8. The molecule has 0 saturated heterocycles. The first kappa shape index (κ1) is 24.0. The number of Topliss-reactive ketones (excluding diaryl/α,β-unsaturated/α-hetero) is 1. The van der Waals surface area contributed by atoms with Crippen LogP contribution >= 0.6 is 0 Å². The molecule has 33 heavy (non-hydrogen) atoms. The SMILES string of the molecule is CCC(Cc1ccccc1)N=C1NC=C(C)N(CC(=O)NCc2ccc(N)nc2C)CC1=O. The Hall–Kier alpha value is -3.68. The highest BCUT2D eigenvalue weighted by Crippen LogP contribution is 2.12. The Morgan fingerprint density at radius 1 is 1.24 bits per heavy atom. The number of hydrogen-bond donors (Lipinski definition) is 3. The first-order valence-corrected chi connectivity index (χ1v) is 11.2. The van der Waals surface area contributed by atoms with E-state index in [1.54, 1.807) is 17.2 Å². The number of amidine groups is 1. The number of carbonyl (C=O) groups is 2. The van der Waals surface area contributed by atoms with Crippen LogP contribution in [0.25, 0.3) is 0 Å². The summed E-state index contributed by atoms with van der Waals surface area (Å²) in [6.45, 7) is 6.30. The van der Waals surface area contributed by atoms with E-state index < -0.39 is 0 Å². The maximum Gasteiger partial charge on any atom is 0.239 e. The summed E-state index contributed by atoms with van der Waals surface area (Å²) in [5, 5.41) is 5.94. The lowest BCUT2D eigenvalue weighted by molar-refractivity contribution is -0.122. The number of nitrogens with zero attached hydrogens (tertiary/aromatic N) is 3. The number of anilines is 1. The standard InChI is InChI=1S/C25H32N6O2/c1-4-21(12-19-8-6-5-7-9-19)30-25-22(32)15-31(17(2)13-28-25)16-24(33)27-14-20-10-11-23(26)29-18(20)3/h5-11,13,21H,4,12,14-16H2,1-3H3,(H2,26,29)(H,27,33)(H,28,30). The van der Waals surface area contributed by atoms with Gasteiger partial charge in [-0.15, -0.1) is 0 Å². The molecule has 1 amide bonds. The van der Waals surface area contributed by atoms with Crippen LogP contribution < -0.4 is 16.4 Å². The molecule has 3 rings (SSSR count). The Morgan fingerprint density at radius 2 is 2.00 bits per heavy atom. The van der Waals surface area contributed by atoms with Gasteiger partial charge in [-0.05, 0) is 43.9 Å². The Bertz CT molecular complexity index is 1050. The summed E-state index contributed by atoms with van der Waals surface area (Å²) in [5.41, 5.74) is 9.34. The molecule has 0 fully saturated rings. The van der Waals surface area contributed by atoms with Gasteiger partial charge in [-0.25, -0.2) is 4.98 Å². The second kappa shape index (κ2) is 11.3. The third-order valence-electron chi connectivity index (χ3n) is 5.64. The number of ketones is 1. The Kier molecular flexibility index (Phi) is 8.18. The van der Waals surface area contributed by atoms with E-state index in [1.165, 1.54) is 5.56 Å². The number of nitrogens with one attached hydrogen (secondary N) is 2. The summed E-state index contributed by atoms with van der Waals surface area (Å²) in [6, 6.07) is 13.7. The third-order valence-corrected chi connectivity index (χ3v) is 5.64. The molecule has 1 aromatic heterocycles. The zero-order valence-corrected chi connectivity index (χ0v) is 19.5. The van der Waals surface area contributed by atoms with Crippen molar-refractivity contribution < 1.29 is 9.59 Å². The van der Waals surface area contributed by atoms with Crippen LogP contribution in [0, 0.1) is 6.92 Å². The molecule has 1 aliphatic heterocycles. The van der Waals surface area contributed by atoms with E-state index in [4.69, 9.17) is 10.7 Å². The number of aromatic nitrogens is 1. The van der Waals surface area contributed by atoms with Crippen LogP contribution in [0.5, 0.6) is 0 Å². The van der Waals surface area contributed by atoms with Gasteiger partial charge in [-0.3, -0.25) is 14.6 Å². The van der Waals surface area contributed by atoms with Crippen LogP contribution in [0.2, 0.25) is 0 Å². The Balaban J connectivity index is 1.60. The maximum atomic E-state index is 12.9. The predicted molar refractivity (Wildman–Crippen MR) is 130 cm³/mol. The van der Waals surface area contributed by atoms with E-state index in [-0.39, 0.29) is 30.8 Å². The molecule has 1 aliphatic rings. The fraction of sp³-hybridized carbons (Fsp3) is 0.360. The van der Waals surface area contributed by atoms with Crippen LogP contribution in [-0.4, -0.2) is 46.5 Å². The molecule has 0 aliphatic carbocycles. The first-order chi connectivity index (χ1) is 15.9. The lowest BCUT2D eigenvalue weighted by atomic mass is 10.0. The summed E-state index contributed by atoms with van der Waals surface area (Å²) >= 11 is 0. The van der Waals surface area contributed by atoms with E-state index in [0.717, 1.165) is 29.8 Å². The average Bonchev–Trinajstić information content (AvgIpc) is 2.92. The van der Waals surface area contributed by atoms with Gasteiger partial charge in [0.2, 0.25) is 11.7 Å². The Morgan fingerprint density at radius 3 is 2.70 bits per heavy atom. The van der Waals surface area contributed by atoms with Crippen molar-refractivity contribution >= 4 is 23.3 Å². The fourth-order valence-electron chi connectivity index (χ4n) is 3.58. The van der Waals surface area contributed by atoms with Crippen molar-refractivity contribution in [3.63, 3.8) is 0 Å². The van der Waals surface area contributed by atoms with Crippen molar-refractivity contribution in [2.24, 2.45) is 4.99 Å². The topological polar surface area (TPSA) is 113 Å². The zero-order valence-electron chi connectivity index (χ0n) is 19.5. The molecular formula is C25H32N6O2. The average molecular weight is 449 g/mol. The number of aryl methyl sites for hydroxylation is 1. The summed E-state index contributed by atoms with van der Waals surface area (Å²) < 4.78 is 0. The van der Waals surface area contributed by atoms with E-state index in [2.05, 4.69) is 34.7 Å². The first-order valence-electron chi connectivity index (χ1n) is 11.2. The van der Waals surface area contributed by atoms with E-state index >= 15 is 0 Å². The van der Waals surface area contributed by atoms with Gasteiger partial charge in [0.05, 0.1) is 19.1 Å². The van der Waals surface area contributed by atoms with E-state index in [1.807, 2.05) is 38.1 Å². The smallest absolute Gasteiger partial charge is 0.239 e. The summed E-state index contributed by atoms with van der Waals surface area (Å²) in [7, 11) is 0. The number of carbonyl (C=O) groups excluding carboxylic acids is 2. The van der Waals surface area contributed by atoms with Crippen molar-refractivity contribution in [3.8, 4) is 0 Å². The van der Waals surface area contributed by atoms with Crippen molar-refractivity contribution in [2.45, 2.75) is 46.2 Å². The van der Waals surface area contributed by atoms with Crippen molar-refractivity contribution in [1.82, 2.24) is 20.5 Å². The molecule has 0 bridgehead atoms. The van der Waals surface area contributed by atoms with Crippen LogP contribution in [0.15, 0.2) is 59.4 Å². The highest BCUT2D eigenvalue weighted by atomic mass is 16.2. The van der Waals surface area contributed by atoms with Gasteiger partial charge in [0.15, 0.2) is 5.84 Å². The van der Waals surface area contributed by atoms with Crippen LogP contribution in [-0.2, 0) is 22.6 Å². The maximum absolute atomic E-state index is 12.9. The summed E-state index contributed by atoms with van der Waals surface area (Å²) in [4.78, 5) is 36.1. The highest BCUT2D eigenvalue weighted by molar-refractivity contribution is 6.40. The molecule has 1 atom stereocenters. The second-order valence-corrected chi connectivity index (χ2v) is 8.20. The monoisotopic (exact) mass is 448 g/mol. The predicted octanol–water partition coefficient (Wildman–Crippen LogP) is 2.34. The number of allylic oxidation sites excluding steroid dienone is 1. The number of amides is 1. The van der Waals surface area contributed by atoms with Crippen molar-refractivity contribution in [2.75, 3.05) is 18.8 Å². The van der Waals surface area contributed by atoms with Gasteiger partial charge in [0, 0.05) is 24.1 Å². The number of nitrogens with two attached hydrogens (primary N) is 1. The number of rotatable bonds is 8. The van der Waals surface area contributed by atoms with Crippen molar-refractivity contribution in [1.29, 1.82) is 0 Å². The van der Waals surface area contributed by atoms with E-state index in [0.29, 0.717) is 18.2 Å². The normalized spacial score (nSPS) is 16.1. The Labute approximate surface area is 195 Å². The van der Waals surface area contributed by atoms with Gasteiger partial charge >= 0.3 is 0 Å². The van der Waals surface area contributed by atoms with Gasteiger partial charge in [0.1, 0.15) is 5.82 Å². The third kappa shape index (κ3) is 6.90. The minimum absolute atomic E-state index is 0.000775. The molecule has 0 saturated carbocycles. The van der Waals surface area contributed by atoms with Gasteiger partial charge in [0.25, 0.3) is 0 Å². The molecule has 0 radical (unpaired) electrons. The van der Waals surface area contributed by atoms with Gasteiger partial charge in [-0.2, -0.15) is 0 Å². The summed E-state index contributed by atoms with van der Waals surface area (Å²) in [6.07, 6.45) is 3.33. The number of aliphatic imine (C=N–C) groups is 1. The van der Waals surface area contributed by atoms with Gasteiger partial charge in [-0.1, -0.05) is 43.3 Å². The molecule has 0 spiro atoms. The molecule has 2 heterocycles.